The zero-order valence-electron chi connectivity index (χ0n) is 15.3. The number of amides is 1. The highest BCUT2D eigenvalue weighted by atomic mass is 16.5. The van der Waals surface area contributed by atoms with Crippen molar-refractivity contribution in [1.82, 2.24) is 5.32 Å². The lowest BCUT2D eigenvalue weighted by Gasteiger charge is -2.17. The van der Waals surface area contributed by atoms with Crippen LogP contribution in [0.3, 0.4) is 0 Å². The van der Waals surface area contributed by atoms with Crippen LogP contribution in [0.1, 0.15) is 24.9 Å². The smallest absolute Gasteiger partial charge is 0.313 e. The Kier molecular flexibility index (Phi) is 4.81. The van der Waals surface area contributed by atoms with Crippen molar-refractivity contribution in [2.45, 2.75) is 19.4 Å². The molecule has 3 aromatic carbocycles. The molecule has 5 heteroatoms. The molecule has 5 nitrogen and oxygen atoms in total. The van der Waals surface area contributed by atoms with Crippen LogP contribution >= 0.6 is 0 Å². The minimum absolute atomic E-state index is 0.0355. The second-order valence-electron chi connectivity index (χ2n) is 6.60. The molecule has 4 aromatic rings. The third-order valence-electron chi connectivity index (χ3n) is 4.53. The van der Waals surface area contributed by atoms with E-state index >= 15 is 0 Å². The van der Waals surface area contributed by atoms with Crippen LogP contribution in [0.5, 0.6) is 5.75 Å². The van der Waals surface area contributed by atoms with E-state index < -0.39 is 12.0 Å². The predicted molar refractivity (Wildman–Crippen MR) is 107 cm³/mol. The summed E-state index contributed by atoms with van der Waals surface area (Å²) in [5.41, 5.74) is 2.38. The first-order chi connectivity index (χ1) is 13.6. The Labute approximate surface area is 161 Å². The first-order valence-corrected chi connectivity index (χ1v) is 9.04. The van der Waals surface area contributed by atoms with Crippen LogP contribution in [-0.2, 0) is 9.59 Å². The predicted octanol–water partition coefficient (Wildman–Crippen LogP) is 4.76. The maximum atomic E-state index is 12.5. The topological polar surface area (TPSA) is 68.5 Å². The molecule has 0 aliphatic carbocycles. The number of hydrogen-bond acceptors (Lipinski definition) is 4. The molecule has 1 aromatic heterocycles. The molecule has 0 fully saturated rings. The SMILES string of the molecule is CC(=O)N[C@H](CC(=O)Oc1ccc2oc3ccccc3c2c1)c1ccccc1. The normalized spacial score (nSPS) is 12.0. The maximum absolute atomic E-state index is 12.5. The number of para-hydroxylation sites is 1. The fourth-order valence-corrected chi connectivity index (χ4v) is 3.29. The summed E-state index contributed by atoms with van der Waals surface area (Å²) in [6.45, 7) is 1.43. The highest BCUT2D eigenvalue weighted by Gasteiger charge is 2.19. The van der Waals surface area contributed by atoms with Crippen molar-refractivity contribution in [2.75, 3.05) is 0 Å². The summed E-state index contributed by atoms with van der Waals surface area (Å²) in [6.07, 6.45) is 0.0355. The first-order valence-electron chi connectivity index (χ1n) is 9.04. The van der Waals surface area contributed by atoms with E-state index in [2.05, 4.69) is 5.32 Å². The van der Waals surface area contributed by atoms with Crippen LogP contribution in [0.15, 0.2) is 77.2 Å². The van der Waals surface area contributed by atoms with Crippen molar-refractivity contribution in [3.05, 3.63) is 78.4 Å². The molecular weight excluding hydrogens is 354 g/mol. The fraction of sp³-hybridized carbons (Fsp3) is 0.130. The third-order valence-corrected chi connectivity index (χ3v) is 4.53. The molecule has 1 amide bonds. The van der Waals surface area contributed by atoms with E-state index in [0.717, 1.165) is 27.5 Å². The minimum atomic E-state index is -0.440. The monoisotopic (exact) mass is 373 g/mol. The molecule has 1 N–H and O–H groups in total. The van der Waals surface area contributed by atoms with Gasteiger partial charge in [0.05, 0.1) is 12.5 Å². The molecule has 140 valence electrons. The van der Waals surface area contributed by atoms with Crippen LogP contribution in [0.4, 0.5) is 0 Å². The molecular formula is C23H19NO4. The van der Waals surface area contributed by atoms with Crippen LogP contribution in [-0.4, -0.2) is 11.9 Å². The van der Waals surface area contributed by atoms with Gasteiger partial charge in [0.25, 0.3) is 0 Å². The van der Waals surface area contributed by atoms with Gasteiger partial charge in [-0.1, -0.05) is 48.5 Å². The maximum Gasteiger partial charge on any atom is 0.313 e. The number of furan rings is 1. The lowest BCUT2D eigenvalue weighted by atomic mass is 10.0. The molecule has 0 spiro atoms. The molecule has 0 bridgehead atoms. The molecule has 28 heavy (non-hydrogen) atoms. The lowest BCUT2D eigenvalue weighted by molar-refractivity contribution is -0.135. The molecule has 1 heterocycles. The van der Waals surface area contributed by atoms with Crippen molar-refractivity contribution in [1.29, 1.82) is 0 Å². The van der Waals surface area contributed by atoms with E-state index in [-0.39, 0.29) is 12.3 Å². The highest BCUT2D eigenvalue weighted by Crippen LogP contribution is 2.31. The molecule has 1 atom stereocenters. The molecule has 0 saturated heterocycles. The number of rotatable bonds is 5. The first kappa shape index (κ1) is 17.8. The Bertz CT molecular complexity index is 1150. The van der Waals surface area contributed by atoms with E-state index in [1.54, 1.807) is 18.2 Å². The van der Waals surface area contributed by atoms with Gasteiger partial charge in [-0.2, -0.15) is 0 Å². The molecule has 0 aliphatic heterocycles. The number of fused-ring (bicyclic) bond motifs is 3. The fourth-order valence-electron chi connectivity index (χ4n) is 3.29. The molecule has 4 rings (SSSR count). The second kappa shape index (κ2) is 7.56. The Morgan fingerprint density at radius 2 is 1.64 bits per heavy atom. The van der Waals surface area contributed by atoms with Gasteiger partial charge >= 0.3 is 5.97 Å². The van der Waals surface area contributed by atoms with Gasteiger partial charge in [0.1, 0.15) is 16.9 Å². The van der Waals surface area contributed by atoms with Gasteiger partial charge in [0.15, 0.2) is 0 Å². The average molecular weight is 373 g/mol. The summed E-state index contributed by atoms with van der Waals surface area (Å²) in [5.74, 6) is -0.179. The Morgan fingerprint density at radius 3 is 2.43 bits per heavy atom. The number of ether oxygens (including phenoxy) is 1. The number of nitrogens with one attached hydrogen (secondary N) is 1. The number of hydrogen-bond donors (Lipinski definition) is 1. The summed E-state index contributed by atoms with van der Waals surface area (Å²) < 4.78 is 11.3. The Morgan fingerprint density at radius 1 is 0.929 bits per heavy atom. The van der Waals surface area contributed by atoms with Gasteiger partial charge in [-0.3, -0.25) is 9.59 Å². The van der Waals surface area contributed by atoms with Gasteiger partial charge < -0.3 is 14.5 Å². The van der Waals surface area contributed by atoms with E-state index in [1.807, 2.05) is 54.6 Å². The lowest BCUT2D eigenvalue weighted by Crippen LogP contribution is -2.29. The summed E-state index contributed by atoms with van der Waals surface area (Å²) in [6, 6.07) is 21.9. The molecule has 0 unspecified atom stereocenters. The molecule has 0 aliphatic rings. The Balaban J connectivity index is 1.55. The van der Waals surface area contributed by atoms with Crippen molar-refractivity contribution in [3.8, 4) is 5.75 Å². The summed E-state index contributed by atoms with van der Waals surface area (Å²) >= 11 is 0. The second-order valence-corrected chi connectivity index (χ2v) is 6.60. The third kappa shape index (κ3) is 3.74. The zero-order chi connectivity index (χ0) is 19.5. The van der Waals surface area contributed by atoms with Gasteiger partial charge in [-0.05, 0) is 29.8 Å². The van der Waals surface area contributed by atoms with Crippen LogP contribution in [0.25, 0.3) is 21.9 Å². The summed E-state index contributed by atoms with van der Waals surface area (Å²) in [4.78, 5) is 24.1. The van der Waals surface area contributed by atoms with Crippen molar-refractivity contribution < 1.29 is 18.7 Å². The van der Waals surface area contributed by atoms with Crippen LogP contribution in [0.2, 0.25) is 0 Å². The van der Waals surface area contributed by atoms with Gasteiger partial charge in [-0.25, -0.2) is 0 Å². The number of benzene rings is 3. The van der Waals surface area contributed by atoms with E-state index in [4.69, 9.17) is 9.15 Å². The summed E-state index contributed by atoms with van der Waals surface area (Å²) in [5, 5.41) is 4.67. The van der Waals surface area contributed by atoms with Crippen molar-refractivity contribution in [3.63, 3.8) is 0 Å². The van der Waals surface area contributed by atoms with E-state index in [1.165, 1.54) is 6.92 Å². The molecule has 0 radical (unpaired) electrons. The largest absolute Gasteiger partial charge is 0.456 e. The number of carbonyl (C=O) groups excluding carboxylic acids is 2. The van der Waals surface area contributed by atoms with Crippen LogP contribution < -0.4 is 10.1 Å². The van der Waals surface area contributed by atoms with Crippen LogP contribution in [0, 0.1) is 0 Å². The average Bonchev–Trinajstić information content (AvgIpc) is 3.06. The number of carbonyl (C=O) groups is 2. The van der Waals surface area contributed by atoms with E-state index in [0.29, 0.717) is 5.75 Å². The molecule has 0 saturated carbocycles. The standard InChI is InChI=1S/C23H19NO4/c1-15(25)24-20(16-7-3-2-4-8-16)14-23(26)27-17-11-12-22-19(13-17)18-9-5-6-10-21(18)28-22/h2-13,20H,14H2,1H3,(H,24,25)/t20-/m1/s1. The van der Waals surface area contributed by atoms with Gasteiger partial charge in [-0.15, -0.1) is 0 Å². The summed E-state index contributed by atoms with van der Waals surface area (Å²) in [7, 11) is 0. The zero-order valence-corrected chi connectivity index (χ0v) is 15.3. The van der Waals surface area contributed by atoms with E-state index in [9.17, 15) is 9.59 Å². The van der Waals surface area contributed by atoms with Gasteiger partial charge in [0, 0.05) is 17.7 Å². The van der Waals surface area contributed by atoms with Gasteiger partial charge in [0.2, 0.25) is 5.91 Å². The number of esters is 1. The minimum Gasteiger partial charge on any atom is -0.456 e. The Hall–Kier alpha value is -3.60. The van der Waals surface area contributed by atoms with Crippen molar-refractivity contribution >= 4 is 33.8 Å². The highest BCUT2D eigenvalue weighted by molar-refractivity contribution is 6.05. The quantitative estimate of drug-likeness (QED) is 0.405. The van der Waals surface area contributed by atoms with Crippen molar-refractivity contribution in [2.24, 2.45) is 0 Å².